The van der Waals surface area contributed by atoms with Gasteiger partial charge in [-0.15, -0.1) is 0 Å². The Labute approximate surface area is 175 Å². The number of aromatic nitrogens is 5. The molecule has 2 N–H and O–H groups in total. The van der Waals surface area contributed by atoms with E-state index in [0.29, 0.717) is 12.0 Å². The topological polar surface area (TPSA) is 80.5 Å². The fraction of sp³-hybridized carbons (Fsp3) is 0.391. The third-order valence-electron chi connectivity index (χ3n) is 6.46. The molecule has 2 aliphatic rings. The van der Waals surface area contributed by atoms with Gasteiger partial charge in [0.25, 0.3) is 0 Å². The Morgan fingerprint density at radius 1 is 1.00 bits per heavy atom. The zero-order valence-corrected chi connectivity index (χ0v) is 16.9. The van der Waals surface area contributed by atoms with Gasteiger partial charge in [0.15, 0.2) is 0 Å². The van der Waals surface area contributed by atoms with E-state index in [1.165, 1.54) is 43.1 Å². The van der Waals surface area contributed by atoms with Crippen LogP contribution in [0.5, 0.6) is 0 Å². The molecule has 30 heavy (non-hydrogen) atoms. The van der Waals surface area contributed by atoms with E-state index in [1.807, 2.05) is 24.7 Å². The Kier molecular flexibility index (Phi) is 4.34. The highest BCUT2D eigenvalue weighted by molar-refractivity contribution is 6.06. The van der Waals surface area contributed by atoms with Gasteiger partial charge >= 0.3 is 0 Å². The summed E-state index contributed by atoms with van der Waals surface area (Å²) in [7, 11) is 0. The number of nitrogens with one attached hydrogen (secondary N) is 2. The monoisotopic (exact) mass is 399 g/mol. The van der Waals surface area contributed by atoms with Gasteiger partial charge < -0.3 is 15.2 Å². The summed E-state index contributed by atoms with van der Waals surface area (Å²) in [5.41, 5.74) is 4.57. The summed E-state index contributed by atoms with van der Waals surface area (Å²) < 4.78 is 2.40. The summed E-state index contributed by atoms with van der Waals surface area (Å²) in [6.07, 6.45) is 13.0. The average molecular weight is 400 g/mol. The third-order valence-corrected chi connectivity index (χ3v) is 6.46. The maximum absolute atomic E-state index is 4.95. The highest BCUT2D eigenvalue weighted by atomic mass is 15.2. The molecule has 1 saturated carbocycles. The second kappa shape index (κ2) is 7.32. The van der Waals surface area contributed by atoms with E-state index in [-0.39, 0.29) is 0 Å². The normalized spacial score (nSPS) is 17.3. The van der Waals surface area contributed by atoms with Crippen LogP contribution in [-0.4, -0.2) is 31.0 Å². The molecule has 1 fully saturated rings. The van der Waals surface area contributed by atoms with E-state index in [1.54, 1.807) is 0 Å². The lowest BCUT2D eigenvalue weighted by molar-refractivity contribution is 0.366. The zero-order valence-electron chi connectivity index (χ0n) is 16.9. The molecule has 0 saturated heterocycles. The van der Waals surface area contributed by atoms with Crippen molar-refractivity contribution >= 4 is 33.7 Å². The third kappa shape index (κ3) is 3.01. The summed E-state index contributed by atoms with van der Waals surface area (Å²) >= 11 is 0. The molecular weight excluding hydrogens is 374 g/mol. The van der Waals surface area contributed by atoms with Gasteiger partial charge in [0.1, 0.15) is 11.5 Å². The van der Waals surface area contributed by atoms with Crippen molar-refractivity contribution in [2.45, 2.75) is 51.1 Å². The van der Waals surface area contributed by atoms with E-state index < -0.39 is 0 Å². The molecule has 0 radical (unpaired) electrons. The Balaban J connectivity index is 1.43. The van der Waals surface area contributed by atoms with Crippen LogP contribution in [0, 0.1) is 0 Å². The standard InChI is InChI=1S/C23H25N7/c1-2-4-16(5-3-1)30-20-14-25-11-9-17(20)18-12-26-23(29-22(18)30)28-21-7-6-15-8-10-24-13-19(15)27-21/h6-7,9,11-12,14,16,24H,1-5,8,10,13H2,(H,26,27,28,29). The second-order valence-corrected chi connectivity index (χ2v) is 8.34. The molecule has 152 valence electrons. The Morgan fingerprint density at radius 2 is 1.93 bits per heavy atom. The molecule has 1 aliphatic carbocycles. The van der Waals surface area contributed by atoms with Gasteiger partial charge in [0.05, 0.1) is 17.4 Å². The first kappa shape index (κ1) is 17.8. The number of pyridine rings is 2. The number of nitrogens with zero attached hydrogens (tertiary/aromatic N) is 5. The van der Waals surface area contributed by atoms with Crippen LogP contribution in [0.25, 0.3) is 21.9 Å². The van der Waals surface area contributed by atoms with Gasteiger partial charge in [-0.1, -0.05) is 25.3 Å². The van der Waals surface area contributed by atoms with Crippen LogP contribution in [-0.2, 0) is 13.0 Å². The maximum Gasteiger partial charge on any atom is 0.230 e. The predicted octanol–water partition coefficient (Wildman–Crippen LogP) is 4.27. The fourth-order valence-corrected chi connectivity index (χ4v) is 4.96. The molecule has 4 aromatic heterocycles. The fourth-order valence-electron chi connectivity index (χ4n) is 4.96. The molecule has 0 amide bonds. The molecule has 0 spiro atoms. The summed E-state index contributed by atoms with van der Waals surface area (Å²) in [4.78, 5) is 18.7. The lowest BCUT2D eigenvalue weighted by atomic mass is 9.95. The largest absolute Gasteiger partial charge is 0.321 e. The minimum absolute atomic E-state index is 0.471. The van der Waals surface area contributed by atoms with Crippen LogP contribution in [0.1, 0.15) is 49.4 Å². The van der Waals surface area contributed by atoms with Gasteiger partial charge in [0.2, 0.25) is 5.95 Å². The van der Waals surface area contributed by atoms with Gasteiger partial charge in [-0.05, 0) is 43.5 Å². The molecule has 0 atom stereocenters. The number of fused-ring (bicyclic) bond motifs is 4. The number of rotatable bonds is 3. The Hall–Kier alpha value is -3.06. The minimum atomic E-state index is 0.471. The van der Waals surface area contributed by atoms with E-state index in [2.05, 4.69) is 37.3 Å². The lowest BCUT2D eigenvalue weighted by Crippen LogP contribution is -2.24. The van der Waals surface area contributed by atoms with E-state index in [9.17, 15) is 0 Å². The van der Waals surface area contributed by atoms with Crippen LogP contribution >= 0.6 is 0 Å². The first-order valence-electron chi connectivity index (χ1n) is 10.9. The lowest BCUT2D eigenvalue weighted by Gasteiger charge is -2.24. The van der Waals surface area contributed by atoms with E-state index >= 15 is 0 Å². The van der Waals surface area contributed by atoms with Crippen LogP contribution in [0.15, 0.2) is 36.8 Å². The van der Waals surface area contributed by atoms with Crippen LogP contribution in [0.3, 0.4) is 0 Å². The van der Waals surface area contributed by atoms with E-state index in [4.69, 9.17) is 9.97 Å². The maximum atomic E-state index is 4.95. The van der Waals surface area contributed by atoms with Crippen LogP contribution in [0.4, 0.5) is 11.8 Å². The van der Waals surface area contributed by atoms with Crippen molar-refractivity contribution in [3.63, 3.8) is 0 Å². The van der Waals surface area contributed by atoms with Crippen LogP contribution < -0.4 is 10.6 Å². The van der Waals surface area contributed by atoms with Crippen LogP contribution in [0.2, 0.25) is 0 Å². The van der Waals surface area contributed by atoms with Crippen molar-refractivity contribution < 1.29 is 0 Å². The first-order chi connectivity index (χ1) is 14.9. The summed E-state index contributed by atoms with van der Waals surface area (Å²) in [5, 5.41) is 8.98. The molecule has 7 heteroatoms. The number of hydrogen-bond acceptors (Lipinski definition) is 6. The summed E-state index contributed by atoms with van der Waals surface area (Å²) in [6, 6.07) is 6.73. The Morgan fingerprint density at radius 3 is 2.87 bits per heavy atom. The second-order valence-electron chi connectivity index (χ2n) is 8.34. The van der Waals surface area contributed by atoms with Crippen molar-refractivity contribution in [2.75, 3.05) is 11.9 Å². The Bertz CT molecular complexity index is 1220. The van der Waals surface area contributed by atoms with E-state index in [0.717, 1.165) is 47.6 Å². The number of anilines is 2. The summed E-state index contributed by atoms with van der Waals surface area (Å²) in [5.74, 6) is 1.38. The minimum Gasteiger partial charge on any atom is -0.321 e. The predicted molar refractivity (Wildman–Crippen MR) is 118 cm³/mol. The van der Waals surface area contributed by atoms with Gasteiger partial charge in [0, 0.05) is 35.8 Å². The smallest absolute Gasteiger partial charge is 0.230 e. The summed E-state index contributed by atoms with van der Waals surface area (Å²) in [6.45, 7) is 1.83. The first-order valence-corrected chi connectivity index (χ1v) is 10.9. The van der Waals surface area contributed by atoms with Crippen molar-refractivity contribution in [3.05, 3.63) is 48.0 Å². The molecule has 1 aliphatic heterocycles. The van der Waals surface area contributed by atoms with Crippen molar-refractivity contribution in [2.24, 2.45) is 0 Å². The van der Waals surface area contributed by atoms with Gasteiger partial charge in [-0.2, -0.15) is 4.98 Å². The molecule has 6 rings (SSSR count). The molecule has 4 aromatic rings. The molecule has 0 aromatic carbocycles. The molecule has 7 nitrogen and oxygen atoms in total. The van der Waals surface area contributed by atoms with Gasteiger partial charge in [-0.25, -0.2) is 9.97 Å². The SMILES string of the molecule is c1cc2c3cnc(Nc4ccc5c(n4)CNCC5)nc3n(C3CCCCC3)c2cn1. The van der Waals surface area contributed by atoms with Crippen molar-refractivity contribution in [1.82, 2.24) is 29.8 Å². The highest BCUT2D eigenvalue weighted by Crippen LogP contribution is 2.36. The zero-order chi connectivity index (χ0) is 19.9. The molecular formula is C23H25N7. The quantitative estimate of drug-likeness (QED) is 0.536. The van der Waals surface area contributed by atoms with Crippen molar-refractivity contribution in [1.29, 1.82) is 0 Å². The average Bonchev–Trinajstić information content (AvgIpc) is 3.13. The van der Waals surface area contributed by atoms with Gasteiger partial charge in [-0.3, -0.25) is 4.98 Å². The highest BCUT2D eigenvalue weighted by Gasteiger charge is 2.22. The molecule has 0 bridgehead atoms. The molecule has 0 unspecified atom stereocenters. The number of hydrogen-bond donors (Lipinski definition) is 2. The molecule has 5 heterocycles. The van der Waals surface area contributed by atoms with Crippen molar-refractivity contribution in [3.8, 4) is 0 Å².